The minimum Gasteiger partial charge on any atom is -1.00 e. The number of nitrogens with zero attached hydrogens (tertiary/aromatic N) is 1. The SMILES string of the molecule is CC[n+]1ccccc1CCP(C1CCCC1)C1CCCC1.[Cl-]. The number of aryl methyl sites for hydroxylation is 2. The van der Waals surface area contributed by atoms with Crippen molar-refractivity contribution >= 4 is 7.92 Å². The van der Waals surface area contributed by atoms with E-state index >= 15 is 0 Å². The second kappa shape index (κ2) is 9.24. The predicted molar refractivity (Wildman–Crippen MR) is 92.3 cm³/mol. The first-order chi connectivity index (χ1) is 10.4. The monoisotopic (exact) mass is 339 g/mol. The van der Waals surface area contributed by atoms with E-state index in [4.69, 9.17) is 0 Å². The number of rotatable bonds is 6. The third-order valence-corrected chi connectivity index (χ3v) is 9.24. The lowest BCUT2D eigenvalue weighted by Gasteiger charge is -2.30. The van der Waals surface area contributed by atoms with E-state index in [1.165, 1.54) is 38.3 Å². The maximum atomic E-state index is 2.44. The lowest BCUT2D eigenvalue weighted by atomic mass is 10.3. The van der Waals surface area contributed by atoms with E-state index in [9.17, 15) is 0 Å². The van der Waals surface area contributed by atoms with Crippen LogP contribution in [-0.2, 0) is 13.0 Å². The highest BCUT2D eigenvalue weighted by Crippen LogP contribution is 2.57. The molecule has 22 heavy (non-hydrogen) atoms. The molecule has 2 aliphatic rings. The Morgan fingerprint density at radius 1 is 1.00 bits per heavy atom. The van der Waals surface area contributed by atoms with Crippen molar-refractivity contribution in [2.24, 2.45) is 0 Å². The van der Waals surface area contributed by atoms with E-state index in [2.05, 4.69) is 35.9 Å². The Labute approximate surface area is 144 Å². The summed E-state index contributed by atoms with van der Waals surface area (Å²) in [5.41, 5.74) is 3.78. The van der Waals surface area contributed by atoms with Gasteiger partial charge in [0.05, 0.1) is 0 Å². The van der Waals surface area contributed by atoms with E-state index in [0.717, 1.165) is 17.9 Å². The van der Waals surface area contributed by atoms with Crippen LogP contribution in [0.4, 0.5) is 0 Å². The van der Waals surface area contributed by atoms with Crippen molar-refractivity contribution in [1.29, 1.82) is 0 Å². The summed E-state index contributed by atoms with van der Waals surface area (Å²) >= 11 is 0. The van der Waals surface area contributed by atoms with Crippen LogP contribution in [0.25, 0.3) is 0 Å². The zero-order valence-corrected chi connectivity index (χ0v) is 15.7. The lowest BCUT2D eigenvalue weighted by Crippen LogP contribution is -3.00. The smallest absolute Gasteiger partial charge is 0.181 e. The van der Waals surface area contributed by atoms with Gasteiger partial charge in [-0.2, -0.15) is 0 Å². The molecule has 124 valence electrons. The summed E-state index contributed by atoms with van der Waals surface area (Å²) in [7, 11) is 0.283. The van der Waals surface area contributed by atoms with Gasteiger partial charge in [-0.25, -0.2) is 4.57 Å². The van der Waals surface area contributed by atoms with E-state index in [-0.39, 0.29) is 20.3 Å². The van der Waals surface area contributed by atoms with Crippen LogP contribution in [0.3, 0.4) is 0 Å². The highest BCUT2D eigenvalue weighted by Gasteiger charge is 2.32. The molecule has 0 N–H and O–H groups in total. The van der Waals surface area contributed by atoms with Gasteiger partial charge in [0.15, 0.2) is 11.9 Å². The summed E-state index contributed by atoms with van der Waals surface area (Å²) in [6.07, 6.45) is 17.3. The maximum Gasteiger partial charge on any atom is 0.181 e. The first kappa shape index (κ1) is 18.2. The summed E-state index contributed by atoms with van der Waals surface area (Å²) < 4.78 is 2.44. The molecule has 0 aromatic carbocycles. The van der Waals surface area contributed by atoms with Crippen molar-refractivity contribution in [2.45, 2.75) is 82.6 Å². The zero-order valence-electron chi connectivity index (χ0n) is 14.0. The Kier molecular flexibility index (Phi) is 7.65. The summed E-state index contributed by atoms with van der Waals surface area (Å²) in [6.45, 7) is 3.38. The van der Waals surface area contributed by atoms with E-state index < -0.39 is 0 Å². The molecule has 0 unspecified atom stereocenters. The molecule has 3 rings (SSSR count). The van der Waals surface area contributed by atoms with Crippen LogP contribution in [0.2, 0.25) is 0 Å². The van der Waals surface area contributed by atoms with Crippen molar-refractivity contribution < 1.29 is 17.0 Å². The van der Waals surface area contributed by atoms with Crippen molar-refractivity contribution in [3.05, 3.63) is 30.1 Å². The molecular weight excluding hydrogens is 309 g/mol. The number of pyridine rings is 1. The van der Waals surface area contributed by atoms with Crippen LogP contribution >= 0.6 is 7.92 Å². The van der Waals surface area contributed by atoms with Crippen molar-refractivity contribution in [2.75, 3.05) is 6.16 Å². The van der Waals surface area contributed by atoms with E-state index in [0.29, 0.717) is 0 Å². The quantitative estimate of drug-likeness (QED) is 0.550. The van der Waals surface area contributed by atoms with Gasteiger partial charge < -0.3 is 12.4 Å². The highest BCUT2D eigenvalue weighted by atomic mass is 35.5. The van der Waals surface area contributed by atoms with E-state index in [1.807, 2.05) is 0 Å². The Morgan fingerprint density at radius 2 is 1.59 bits per heavy atom. The summed E-state index contributed by atoms with van der Waals surface area (Å²) in [6, 6.07) is 6.74. The highest BCUT2D eigenvalue weighted by molar-refractivity contribution is 7.59. The van der Waals surface area contributed by atoms with Crippen LogP contribution in [0.5, 0.6) is 0 Å². The van der Waals surface area contributed by atoms with Crippen LogP contribution in [0.1, 0.15) is 64.0 Å². The maximum absolute atomic E-state index is 2.44. The van der Waals surface area contributed by atoms with Gasteiger partial charge >= 0.3 is 0 Å². The molecule has 0 amide bonds. The molecule has 1 heterocycles. The number of hydrogen-bond acceptors (Lipinski definition) is 0. The molecule has 2 aliphatic carbocycles. The third kappa shape index (κ3) is 4.45. The van der Waals surface area contributed by atoms with Crippen molar-refractivity contribution in [1.82, 2.24) is 0 Å². The molecule has 2 fully saturated rings. The third-order valence-electron chi connectivity index (χ3n) is 5.59. The molecule has 0 spiro atoms. The first-order valence-electron chi connectivity index (χ1n) is 9.11. The minimum absolute atomic E-state index is 0. The zero-order chi connectivity index (χ0) is 14.5. The van der Waals surface area contributed by atoms with Gasteiger partial charge in [0.2, 0.25) is 0 Å². The van der Waals surface area contributed by atoms with Crippen LogP contribution in [0, 0.1) is 0 Å². The van der Waals surface area contributed by atoms with Gasteiger partial charge in [-0.3, -0.25) is 0 Å². The molecule has 1 aromatic rings. The molecule has 0 bridgehead atoms. The fourth-order valence-corrected chi connectivity index (χ4v) is 8.30. The molecule has 1 nitrogen and oxygen atoms in total. The summed E-state index contributed by atoms with van der Waals surface area (Å²) in [5, 5.41) is 0. The molecule has 0 atom stereocenters. The Bertz CT molecular complexity index is 423. The minimum atomic E-state index is 0. The molecule has 3 heteroatoms. The Hall–Kier alpha value is -0.130. The molecule has 0 aliphatic heterocycles. The van der Waals surface area contributed by atoms with Crippen molar-refractivity contribution in [3.8, 4) is 0 Å². The van der Waals surface area contributed by atoms with E-state index in [1.54, 1.807) is 31.4 Å². The Morgan fingerprint density at radius 3 is 2.14 bits per heavy atom. The standard InChI is InChI=1S/C19H31NP.ClH/c1-2-20-15-8-7-9-17(20)14-16-21(18-10-3-4-11-18)19-12-5-6-13-19;/h7-9,15,18-19H,2-6,10-14,16H2,1H3;1H/q+1;/p-1. The Balaban J connectivity index is 0.00000176. The van der Waals surface area contributed by atoms with Crippen molar-refractivity contribution in [3.63, 3.8) is 0 Å². The normalized spacial score (nSPS) is 19.7. The van der Waals surface area contributed by atoms with Gasteiger partial charge in [-0.1, -0.05) is 39.7 Å². The van der Waals surface area contributed by atoms with Gasteiger partial charge in [-0.15, -0.1) is 0 Å². The number of halogens is 1. The lowest BCUT2D eigenvalue weighted by molar-refractivity contribution is -0.700. The molecule has 1 aromatic heterocycles. The fraction of sp³-hybridized carbons (Fsp3) is 0.737. The van der Waals surface area contributed by atoms with Gasteiger partial charge in [0.1, 0.15) is 6.54 Å². The predicted octanol–water partition coefficient (Wildman–Crippen LogP) is 1.91. The summed E-state index contributed by atoms with van der Waals surface area (Å²) in [5.74, 6) is 0. The average molecular weight is 340 g/mol. The second-order valence-electron chi connectivity index (χ2n) is 6.84. The average Bonchev–Trinajstić information content (AvgIpc) is 3.22. The number of aromatic nitrogens is 1. The summed E-state index contributed by atoms with van der Waals surface area (Å²) in [4.78, 5) is 0. The molecule has 2 saturated carbocycles. The number of hydrogen-bond donors (Lipinski definition) is 0. The second-order valence-corrected chi connectivity index (χ2v) is 9.78. The van der Waals surface area contributed by atoms with Gasteiger partial charge in [0.25, 0.3) is 0 Å². The van der Waals surface area contributed by atoms with Crippen LogP contribution in [0.15, 0.2) is 24.4 Å². The fourth-order valence-electron chi connectivity index (χ4n) is 4.43. The van der Waals surface area contributed by atoms with Crippen LogP contribution < -0.4 is 17.0 Å². The topological polar surface area (TPSA) is 3.88 Å². The van der Waals surface area contributed by atoms with Gasteiger partial charge in [-0.05, 0) is 50.1 Å². The molecular formula is C19H31ClNP. The molecule has 0 saturated heterocycles. The van der Waals surface area contributed by atoms with Crippen LogP contribution in [-0.4, -0.2) is 17.5 Å². The molecule has 0 radical (unpaired) electrons. The largest absolute Gasteiger partial charge is 1.00 e. The van der Waals surface area contributed by atoms with Gasteiger partial charge in [0, 0.05) is 18.6 Å². The first-order valence-corrected chi connectivity index (χ1v) is 10.8.